The molecule has 2 amide bonds. The number of amides is 2. The van der Waals surface area contributed by atoms with Crippen LogP contribution in [-0.2, 0) is 0 Å². The summed E-state index contributed by atoms with van der Waals surface area (Å²) in [6.45, 7) is 0. The molecule has 0 spiro atoms. The molecule has 3 aromatic rings. The molecule has 3 aromatic carbocycles. The van der Waals surface area contributed by atoms with Gasteiger partial charge in [-0.3, -0.25) is 9.59 Å². The number of nitrogens with zero attached hydrogens (tertiary/aromatic N) is 1. The lowest BCUT2D eigenvalue weighted by Gasteiger charge is -2.30. The highest BCUT2D eigenvalue weighted by atomic mass is 35.5. The van der Waals surface area contributed by atoms with Crippen LogP contribution in [-0.4, -0.2) is 37.0 Å². The molecule has 1 aliphatic rings. The molecule has 0 bridgehead atoms. The Morgan fingerprint density at radius 3 is 2.24 bits per heavy atom. The molecule has 0 saturated heterocycles. The van der Waals surface area contributed by atoms with Gasteiger partial charge >= 0.3 is 0 Å². The predicted octanol–water partition coefficient (Wildman–Crippen LogP) is 5.43. The van der Waals surface area contributed by atoms with Gasteiger partial charge in [0.1, 0.15) is 11.6 Å². The second-order valence-corrected chi connectivity index (χ2v) is 9.25. The molecule has 0 heterocycles. The van der Waals surface area contributed by atoms with Gasteiger partial charge in [-0.2, -0.15) is 4.99 Å². The highest BCUT2D eigenvalue weighted by molar-refractivity contribution is 6.31. The number of ether oxygens (including phenoxy) is 1. The van der Waals surface area contributed by atoms with Crippen LogP contribution in [0.5, 0.6) is 5.75 Å². The Bertz CT molecular complexity index is 1260. The average Bonchev–Trinajstić information content (AvgIpc) is 2.89. The summed E-state index contributed by atoms with van der Waals surface area (Å²) in [5.41, 5.74) is 1.34. The fourth-order valence-electron chi connectivity index (χ4n) is 4.21. The van der Waals surface area contributed by atoms with E-state index in [1.165, 1.54) is 19.2 Å². The minimum absolute atomic E-state index is 0.00160. The number of hydrogen-bond acceptors (Lipinski definition) is 3. The summed E-state index contributed by atoms with van der Waals surface area (Å²) >= 11 is 6.01. The van der Waals surface area contributed by atoms with Crippen LogP contribution >= 0.6 is 11.6 Å². The van der Waals surface area contributed by atoms with Crippen molar-refractivity contribution >= 4 is 35.1 Å². The van der Waals surface area contributed by atoms with Gasteiger partial charge in [0.2, 0.25) is 5.96 Å². The number of carbonyl (C=O) groups is 2. The molecule has 0 aromatic heterocycles. The largest absolute Gasteiger partial charge is 0.497 e. The van der Waals surface area contributed by atoms with Gasteiger partial charge in [-0.15, -0.1) is 0 Å². The molecule has 4 rings (SSSR count). The number of halogens is 2. The third kappa shape index (κ3) is 7.54. The van der Waals surface area contributed by atoms with Gasteiger partial charge in [-0.25, -0.2) is 4.39 Å². The van der Waals surface area contributed by atoms with Crippen molar-refractivity contribution in [2.45, 2.75) is 37.8 Å². The first-order valence-corrected chi connectivity index (χ1v) is 12.4. The molecule has 37 heavy (non-hydrogen) atoms. The van der Waals surface area contributed by atoms with E-state index < -0.39 is 11.7 Å². The van der Waals surface area contributed by atoms with Gasteiger partial charge in [0, 0.05) is 33.9 Å². The lowest BCUT2D eigenvalue weighted by molar-refractivity contribution is 0.0923. The summed E-state index contributed by atoms with van der Waals surface area (Å²) < 4.78 is 19.1. The van der Waals surface area contributed by atoms with E-state index >= 15 is 0 Å². The first-order chi connectivity index (χ1) is 17.9. The van der Waals surface area contributed by atoms with E-state index in [1.807, 2.05) is 18.2 Å². The van der Waals surface area contributed by atoms with Crippen LogP contribution in [0.25, 0.3) is 0 Å². The first kappa shape index (κ1) is 26.2. The second kappa shape index (κ2) is 12.4. The van der Waals surface area contributed by atoms with Crippen LogP contribution in [0.4, 0.5) is 10.1 Å². The number of nitrogens with one attached hydrogen (secondary N) is 3. The number of methoxy groups -OCH3 is 1. The molecule has 0 atom stereocenters. The zero-order valence-electron chi connectivity index (χ0n) is 20.3. The van der Waals surface area contributed by atoms with Crippen LogP contribution in [0, 0.1) is 5.82 Å². The van der Waals surface area contributed by atoms with E-state index in [1.54, 1.807) is 42.5 Å². The van der Waals surface area contributed by atoms with E-state index in [9.17, 15) is 14.0 Å². The summed E-state index contributed by atoms with van der Waals surface area (Å²) in [6, 6.07) is 19.9. The molecule has 3 N–H and O–H groups in total. The zero-order chi connectivity index (χ0) is 26.2. The molecule has 0 unspecified atom stereocenters. The summed E-state index contributed by atoms with van der Waals surface area (Å²) in [5, 5.41) is 9.59. The average molecular weight is 523 g/mol. The minimum Gasteiger partial charge on any atom is -0.497 e. The van der Waals surface area contributed by atoms with E-state index in [-0.39, 0.29) is 29.0 Å². The van der Waals surface area contributed by atoms with Crippen molar-refractivity contribution in [1.29, 1.82) is 0 Å². The number of guanidine groups is 1. The Balaban J connectivity index is 1.44. The van der Waals surface area contributed by atoms with Crippen LogP contribution < -0.4 is 20.7 Å². The summed E-state index contributed by atoms with van der Waals surface area (Å²) in [7, 11) is 1.52. The second-order valence-electron chi connectivity index (χ2n) is 8.81. The maximum absolute atomic E-state index is 13.9. The third-order valence-electron chi connectivity index (χ3n) is 6.09. The van der Waals surface area contributed by atoms with E-state index in [0.717, 1.165) is 25.7 Å². The zero-order valence-corrected chi connectivity index (χ0v) is 21.1. The van der Waals surface area contributed by atoms with Gasteiger partial charge in [0.25, 0.3) is 11.8 Å². The third-order valence-corrected chi connectivity index (χ3v) is 6.31. The smallest absolute Gasteiger partial charge is 0.280 e. The van der Waals surface area contributed by atoms with Gasteiger partial charge < -0.3 is 20.7 Å². The number of benzene rings is 3. The molecule has 7 nitrogen and oxygen atoms in total. The van der Waals surface area contributed by atoms with Gasteiger partial charge in [-0.05, 0) is 74.2 Å². The highest BCUT2D eigenvalue weighted by Crippen LogP contribution is 2.21. The van der Waals surface area contributed by atoms with Gasteiger partial charge in [0.15, 0.2) is 0 Å². The standard InChI is InChI=1S/C28H28ClFN4O3/c1-37-25-9-5-8-19(14-25)27(36)34-28(33-24-16-20(29)15-21(30)17-24)32-23-12-10-22(11-13-23)31-26(35)18-6-3-2-4-7-18/h2-9,14-17,22-23H,10-13H2,1H3,(H,31,35)(H2,32,33,34,36). The molecule has 0 radical (unpaired) electrons. The molecular formula is C28H28ClFN4O3. The fraction of sp³-hybridized carbons (Fsp3) is 0.250. The molecule has 9 heteroatoms. The summed E-state index contributed by atoms with van der Waals surface area (Å²) in [4.78, 5) is 29.7. The summed E-state index contributed by atoms with van der Waals surface area (Å²) in [6.07, 6.45) is 3.02. The van der Waals surface area contributed by atoms with Crippen LogP contribution in [0.3, 0.4) is 0 Å². The Morgan fingerprint density at radius 1 is 0.892 bits per heavy atom. The predicted molar refractivity (Wildman–Crippen MR) is 143 cm³/mol. The monoisotopic (exact) mass is 522 g/mol. The molecule has 192 valence electrons. The Labute approximate surface area is 220 Å². The highest BCUT2D eigenvalue weighted by Gasteiger charge is 2.24. The molecule has 1 aliphatic carbocycles. The minimum atomic E-state index is -0.511. The number of aliphatic imine (C=N–C) groups is 1. The van der Waals surface area contributed by atoms with Gasteiger partial charge in [0.05, 0.1) is 7.11 Å². The normalized spacial score (nSPS) is 17.5. The first-order valence-electron chi connectivity index (χ1n) is 12.0. The van der Waals surface area contributed by atoms with Crippen molar-refractivity contribution in [3.05, 3.63) is 94.8 Å². The van der Waals surface area contributed by atoms with Crippen molar-refractivity contribution < 1.29 is 18.7 Å². The van der Waals surface area contributed by atoms with Crippen LogP contribution in [0.2, 0.25) is 5.02 Å². The number of rotatable bonds is 6. The van der Waals surface area contributed by atoms with Crippen LogP contribution in [0.15, 0.2) is 77.8 Å². The van der Waals surface area contributed by atoms with Crippen molar-refractivity contribution in [1.82, 2.24) is 10.6 Å². The molecular weight excluding hydrogens is 495 g/mol. The van der Waals surface area contributed by atoms with Crippen molar-refractivity contribution in [3.63, 3.8) is 0 Å². The van der Waals surface area contributed by atoms with Crippen molar-refractivity contribution in [2.75, 3.05) is 12.4 Å². The topological polar surface area (TPSA) is 91.8 Å². The lowest BCUT2D eigenvalue weighted by atomic mass is 9.91. The number of hydrogen-bond donors (Lipinski definition) is 3. The Kier molecular flexibility index (Phi) is 8.74. The van der Waals surface area contributed by atoms with Gasteiger partial charge in [-0.1, -0.05) is 35.9 Å². The molecule has 0 aliphatic heterocycles. The lowest BCUT2D eigenvalue weighted by Crippen LogP contribution is -2.45. The maximum atomic E-state index is 13.9. The van der Waals surface area contributed by atoms with E-state index in [0.29, 0.717) is 22.6 Å². The number of carbonyl (C=O) groups excluding carboxylic acids is 2. The Morgan fingerprint density at radius 2 is 1.57 bits per heavy atom. The number of anilines is 1. The van der Waals surface area contributed by atoms with E-state index in [2.05, 4.69) is 20.9 Å². The Hall–Kier alpha value is -3.91. The van der Waals surface area contributed by atoms with E-state index in [4.69, 9.17) is 16.3 Å². The quantitative estimate of drug-likeness (QED) is 0.297. The van der Waals surface area contributed by atoms with Crippen molar-refractivity contribution in [2.24, 2.45) is 4.99 Å². The molecule has 1 fully saturated rings. The fourth-order valence-corrected chi connectivity index (χ4v) is 4.44. The summed E-state index contributed by atoms with van der Waals surface area (Å²) in [5.74, 6) is -0.362. The maximum Gasteiger partial charge on any atom is 0.280 e. The van der Waals surface area contributed by atoms with Crippen molar-refractivity contribution in [3.8, 4) is 5.75 Å². The SMILES string of the molecule is COc1cccc(C(=O)/N=C(/Nc2cc(F)cc(Cl)c2)NC2CCC(NC(=O)c3ccccc3)CC2)c1. The van der Waals surface area contributed by atoms with Crippen LogP contribution in [0.1, 0.15) is 46.4 Å². The molecule has 1 saturated carbocycles.